The lowest BCUT2D eigenvalue weighted by molar-refractivity contribution is 0.101. The number of hydrogen-bond donors (Lipinski definition) is 1. The van der Waals surface area contributed by atoms with Gasteiger partial charge in [-0.15, -0.1) is 0 Å². The SMILES string of the molecule is CC(=O)c1c[nH]c(=O)n(C(C)c2ccccn2)c1=O. The first kappa shape index (κ1) is 12.9. The third kappa shape index (κ3) is 2.37. The van der Waals surface area contributed by atoms with E-state index in [0.717, 1.165) is 10.8 Å². The topological polar surface area (TPSA) is 84.8 Å². The number of carbonyl (C=O) groups is 1. The van der Waals surface area contributed by atoms with Gasteiger partial charge in [0.2, 0.25) is 0 Å². The number of pyridine rings is 1. The number of H-pyrrole nitrogens is 1. The maximum atomic E-state index is 12.1. The fourth-order valence-electron chi connectivity index (χ4n) is 1.85. The monoisotopic (exact) mass is 259 g/mol. The van der Waals surface area contributed by atoms with Gasteiger partial charge in [-0.25, -0.2) is 4.79 Å². The van der Waals surface area contributed by atoms with Crippen molar-refractivity contribution in [2.75, 3.05) is 0 Å². The zero-order chi connectivity index (χ0) is 14.0. The molecule has 2 heterocycles. The standard InChI is InChI=1S/C13H13N3O3/c1-8(11-5-3-4-6-14-11)16-12(18)10(9(2)17)7-15-13(16)19/h3-8H,1-2H3,(H,15,19). The second kappa shape index (κ2) is 5.01. The zero-order valence-electron chi connectivity index (χ0n) is 10.6. The van der Waals surface area contributed by atoms with E-state index in [0.29, 0.717) is 5.69 Å². The largest absolute Gasteiger partial charge is 0.328 e. The normalized spacial score (nSPS) is 12.1. The van der Waals surface area contributed by atoms with Gasteiger partial charge in [0.15, 0.2) is 5.78 Å². The van der Waals surface area contributed by atoms with Crippen LogP contribution in [0.15, 0.2) is 40.2 Å². The first-order chi connectivity index (χ1) is 9.02. The molecule has 0 saturated heterocycles. The van der Waals surface area contributed by atoms with Crippen LogP contribution in [0, 0.1) is 0 Å². The molecular formula is C13H13N3O3. The Morgan fingerprint density at radius 3 is 2.68 bits per heavy atom. The molecule has 0 bridgehead atoms. The van der Waals surface area contributed by atoms with Gasteiger partial charge in [0, 0.05) is 12.4 Å². The van der Waals surface area contributed by atoms with E-state index in [9.17, 15) is 14.4 Å². The van der Waals surface area contributed by atoms with Crippen LogP contribution in [0.1, 0.15) is 35.9 Å². The third-order valence-electron chi connectivity index (χ3n) is 2.89. The highest BCUT2D eigenvalue weighted by molar-refractivity contribution is 5.93. The number of hydrogen-bond acceptors (Lipinski definition) is 4. The van der Waals surface area contributed by atoms with E-state index >= 15 is 0 Å². The molecule has 2 rings (SSSR count). The number of Topliss-reactive ketones (excluding diaryl/α,β-unsaturated/α-hetero) is 1. The van der Waals surface area contributed by atoms with Crippen molar-refractivity contribution < 1.29 is 4.79 Å². The third-order valence-corrected chi connectivity index (χ3v) is 2.89. The average molecular weight is 259 g/mol. The Hall–Kier alpha value is -2.50. The van der Waals surface area contributed by atoms with E-state index in [4.69, 9.17) is 0 Å². The fraction of sp³-hybridized carbons (Fsp3) is 0.231. The summed E-state index contributed by atoms with van der Waals surface area (Å²) < 4.78 is 0.999. The summed E-state index contributed by atoms with van der Waals surface area (Å²) in [6, 6.07) is 4.69. The van der Waals surface area contributed by atoms with Crippen LogP contribution in [0.3, 0.4) is 0 Å². The van der Waals surface area contributed by atoms with E-state index in [1.807, 2.05) is 0 Å². The molecule has 2 aromatic heterocycles. The summed E-state index contributed by atoms with van der Waals surface area (Å²) >= 11 is 0. The van der Waals surface area contributed by atoms with E-state index < -0.39 is 17.3 Å². The van der Waals surface area contributed by atoms with Crippen LogP contribution in [-0.4, -0.2) is 20.3 Å². The molecule has 6 nitrogen and oxygen atoms in total. The van der Waals surface area contributed by atoms with Crippen LogP contribution in [0.4, 0.5) is 0 Å². The summed E-state index contributed by atoms with van der Waals surface area (Å²) in [5, 5.41) is 0. The van der Waals surface area contributed by atoms with Crippen LogP contribution >= 0.6 is 0 Å². The number of aromatic nitrogens is 3. The Kier molecular flexibility index (Phi) is 3.41. The number of carbonyl (C=O) groups excluding carboxylic acids is 1. The van der Waals surface area contributed by atoms with E-state index in [1.165, 1.54) is 6.92 Å². The molecule has 1 unspecified atom stereocenters. The summed E-state index contributed by atoms with van der Waals surface area (Å²) in [5.74, 6) is -0.386. The van der Waals surface area contributed by atoms with E-state index in [-0.39, 0.29) is 11.3 Å². The Morgan fingerprint density at radius 1 is 1.37 bits per heavy atom. The first-order valence-electron chi connectivity index (χ1n) is 5.78. The lowest BCUT2D eigenvalue weighted by atomic mass is 10.2. The molecule has 1 N–H and O–H groups in total. The van der Waals surface area contributed by atoms with Gasteiger partial charge >= 0.3 is 5.69 Å². The lowest BCUT2D eigenvalue weighted by Crippen LogP contribution is -2.40. The van der Waals surface area contributed by atoms with Crippen molar-refractivity contribution in [3.63, 3.8) is 0 Å². The highest BCUT2D eigenvalue weighted by Gasteiger charge is 2.17. The smallest absolute Gasteiger partial charge is 0.313 e. The van der Waals surface area contributed by atoms with Crippen molar-refractivity contribution in [3.05, 3.63) is 62.7 Å². The fourth-order valence-corrected chi connectivity index (χ4v) is 1.85. The Bertz CT molecular complexity index is 716. The van der Waals surface area contributed by atoms with Crippen molar-refractivity contribution in [2.45, 2.75) is 19.9 Å². The molecular weight excluding hydrogens is 246 g/mol. The molecule has 0 fully saturated rings. The summed E-state index contributed by atoms with van der Waals surface area (Å²) in [7, 11) is 0. The van der Waals surface area contributed by atoms with Gasteiger partial charge in [0.1, 0.15) is 0 Å². The van der Waals surface area contributed by atoms with Crippen LogP contribution in [0.2, 0.25) is 0 Å². The van der Waals surface area contributed by atoms with Gasteiger partial charge in [-0.2, -0.15) is 0 Å². The molecule has 0 aliphatic rings. The Labute approximate surface area is 108 Å². The predicted octanol–water partition coefficient (Wildman–Crippen LogP) is 0.744. The molecule has 6 heteroatoms. The van der Waals surface area contributed by atoms with Gasteiger partial charge in [0.25, 0.3) is 5.56 Å². The number of rotatable bonds is 3. The van der Waals surface area contributed by atoms with Crippen molar-refractivity contribution in [3.8, 4) is 0 Å². The highest BCUT2D eigenvalue weighted by atomic mass is 16.2. The first-order valence-corrected chi connectivity index (χ1v) is 5.78. The van der Waals surface area contributed by atoms with Crippen LogP contribution in [0.25, 0.3) is 0 Å². The number of ketones is 1. The highest BCUT2D eigenvalue weighted by Crippen LogP contribution is 2.10. The quantitative estimate of drug-likeness (QED) is 0.824. The lowest BCUT2D eigenvalue weighted by Gasteiger charge is -2.13. The molecule has 19 heavy (non-hydrogen) atoms. The maximum absolute atomic E-state index is 12.1. The number of nitrogens with one attached hydrogen (secondary N) is 1. The summed E-state index contributed by atoms with van der Waals surface area (Å²) in [5.41, 5.74) is -0.624. The van der Waals surface area contributed by atoms with Crippen molar-refractivity contribution >= 4 is 5.78 Å². The molecule has 0 radical (unpaired) electrons. The molecule has 0 aromatic carbocycles. The van der Waals surface area contributed by atoms with Gasteiger partial charge in [0.05, 0.1) is 17.3 Å². The summed E-state index contributed by atoms with van der Waals surface area (Å²) in [4.78, 5) is 41.8. The van der Waals surface area contributed by atoms with E-state index in [1.54, 1.807) is 31.3 Å². The zero-order valence-corrected chi connectivity index (χ0v) is 10.6. The molecule has 98 valence electrons. The van der Waals surface area contributed by atoms with Gasteiger partial charge < -0.3 is 4.98 Å². The minimum Gasteiger partial charge on any atom is -0.313 e. The molecule has 2 aromatic rings. The maximum Gasteiger partial charge on any atom is 0.328 e. The number of aromatic amines is 1. The second-order valence-electron chi connectivity index (χ2n) is 4.17. The summed E-state index contributed by atoms with van der Waals surface area (Å²) in [6.45, 7) is 2.97. The minimum atomic E-state index is -0.602. The molecule has 0 saturated carbocycles. The predicted molar refractivity (Wildman–Crippen MR) is 69.4 cm³/mol. The molecule has 0 spiro atoms. The molecule has 0 aliphatic carbocycles. The van der Waals surface area contributed by atoms with Gasteiger partial charge in [-0.1, -0.05) is 6.07 Å². The number of nitrogens with zero attached hydrogens (tertiary/aromatic N) is 2. The van der Waals surface area contributed by atoms with Crippen LogP contribution in [0.5, 0.6) is 0 Å². The Morgan fingerprint density at radius 2 is 2.11 bits per heavy atom. The molecule has 0 amide bonds. The molecule has 0 aliphatic heterocycles. The van der Waals surface area contributed by atoms with E-state index in [2.05, 4.69) is 9.97 Å². The second-order valence-corrected chi connectivity index (χ2v) is 4.17. The van der Waals surface area contributed by atoms with Crippen LogP contribution < -0.4 is 11.2 Å². The van der Waals surface area contributed by atoms with Crippen molar-refractivity contribution in [2.24, 2.45) is 0 Å². The molecule has 1 atom stereocenters. The Balaban J connectivity index is 2.63. The minimum absolute atomic E-state index is 0.0395. The summed E-state index contributed by atoms with van der Waals surface area (Å²) in [6.07, 6.45) is 2.73. The van der Waals surface area contributed by atoms with Crippen molar-refractivity contribution in [1.82, 2.24) is 14.5 Å². The van der Waals surface area contributed by atoms with Crippen LogP contribution in [-0.2, 0) is 0 Å². The average Bonchev–Trinajstić information content (AvgIpc) is 2.39. The van der Waals surface area contributed by atoms with Crippen molar-refractivity contribution in [1.29, 1.82) is 0 Å². The van der Waals surface area contributed by atoms with Gasteiger partial charge in [-0.05, 0) is 26.0 Å². The van der Waals surface area contributed by atoms with Gasteiger partial charge in [-0.3, -0.25) is 19.1 Å².